The van der Waals surface area contributed by atoms with E-state index in [-0.39, 0.29) is 29.3 Å². The first-order valence-corrected chi connectivity index (χ1v) is 10.0. The van der Waals surface area contributed by atoms with Crippen LogP contribution in [-0.2, 0) is 4.79 Å². The molecule has 1 aliphatic carbocycles. The highest BCUT2D eigenvalue weighted by molar-refractivity contribution is 7.99. The van der Waals surface area contributed by atoms with Crippen molar-refractivity contribution in [2.45, 2.75) is 63.2 Å². The van der Waals surface area contributed by atoms with E-state index in [1.165, 1.54) is 11.8 Å². The zero-order chi connectivity index (χ0) is 17.8. The first-order chi connectivity index (χ1) is 12.1. The number of benzene rings is 1. The molecule has 0 saturated heterocycles. The number of thioether (sulfide) groups is 1. The monoisotopic (exact) mass is 359 g/mol. The number of para-hydroxylation sites is 1. The zero-order valence-electron chi connectivity index (χ0n) is 14.8. The van der Waals surface area contributed by atoms with Gasteiger partial charge >= 0.3 is 0 Å². The second kappa shape index (κ2) is 8.04. The van der Waals surface area contributed by atoms with Crippen molar-refractivity contribution in [2.24, 2.45) is 0 Å². The summed E-state index contributed by atoms with van der Waals surface area (Å²) in [7, 11) is 0. The Labute approximate surface area is 152 Å². The van der Waals surface area contributed by atoms with Crippen molar-refractivity contribution in [1.82, 2.24) is 14.9 Å². The fourth-order valence-corrected chi connectivity index (χ4v) is 4.14. The van der Waals surface area contributed by atoms with Crippen LogP contribution in [0.3, 0.4) is 0 Å². The minimum absolute atomic E-state index is 0.0141. The van der Waals surface area contributed by atoms with Crippen molar-refractivity contribution in [3.8, 4) is 0 Å². The number of hydrogen-bond donors (Lipinski definition) is 1. The molecule has 1 heterocycles. The second-order valence-corrected chi connectivity index (χ2v) is 7.63. The Balaban J connectivity index is 1.91. The molecule has 134 valence electrons. The van der Waals surface area contributed by atoms with Crippen molar-refractivity contribution in [3.63, 3.8) is 0 Å². The summed E-state index contributed by atoms with van der Waals surface area (Å²) in [5.74, 6) is 0.265. The third-order valence-corrected chi connectivity index (χ3v) is 5.77. The minimum atomic E-state index is -0.0141. The largest absolute Gasteiger partial charge is 0.353 e. The average Bonchev–Trinajstić information content (AvgIpc) is 3.14. The zero-order valence-corrected chi connectivity index (χ0v) is 15.6. The van der Waals surface area contributed by atoms with E-state index in [0.29, 0.717) is 16.1 Å². The van der Waals surface area contributed by atoms with Crippen molar-refractivity contribution in [3.05, 3.63) is 34.6 Å². The number of carbonyl (C=O) groups excluding carboxylic acids is 1. The lowest BCUT2D eigenvalue weighted by Gasteiger charge is -2.19. The molecule has 1 amide bonds. The maximum atomic E-state index is 13.0. The molecule has 1 aliphatic rings. The number of rotatable bonds is 6. The summed E-state index contributed by atoms with van der Waals surface area (Å²) in [5.41, 5.74) is 0.717. The molecule has 3 rings (SSSR count). The Bertz CT molecular complexity index is 812. The Hall–Kier alpha value is -1.82. The van der Waals surface area contributed by atoms with Crippen molar-refractivity contribution in [2.75, 3.05) is 5.75 Å². The predicted octanol–water partition coefficient (Wildman–Crippen LogP) is 3.52. The molecule has 5 nitrogen and oxygen atoms in total. The molecule has 1 aromatic heterocycles. The molecule has 2 aromatic rings. The maximum absolute atomic E-state index is 13.0. The van der Waals surface area contributed by atoms with E-state index in [0.717, 1.165) is 32.1 Å². The van der Waals surface area contributed by atoms with Crippen molar-refractivity contribution < 1.29 is 4.79 Å². The van der Waals surface area contributed by atoms with Gasteiger partial charge in [0.05, 0.1) is 16.7 Å². The standard InChI is InChI=1S/C19H25N3O2S/c1-3-13(2)20-17(23)12-25-19-21-16-11-7-6-10-15(16)18(24)22(19)14-8-4-5-9-14/h6-7,10-11,13-14H,3-5,8-9,12H2,1-2H3,(H,20,23)/t13-/m1/s1. The third-order valence-electron chi connectivity index (χ3n) is 4.82. The Morgan fingerprint density at radius 2 is 2.08 bits per heavy atom. The van der Waals surface area contributed by atoms with Gasteiger partial charge in [-0.2, -0.15) is 0 Å². The van der Waals surface area contributed by atoms with Crippen LogP contribution in [0.2, 0.25) is 0 Å². The molecule has 0 bridgehead atoms. The summed E-state index contributed by atoms with van der Waals surface area (Å²) in [6.07, 6.45) is 5.20. The predicted molar refractivity (Wildman–Crippen MR) is 102 cm³/mol. The first kappa shape index (κ1) is 18.0. The SMILES string of the molecule is CC[C@@H](C)NC(=O)CSc1nc2ccccc2c(=O)n1C1CCCC1. The molecule has 1 aromatic carbocycles. The highest BCUT2D eigenvalue weighted by atomic mass is 32.2. The quantitative estimate of drug-likeness (QED) is 0.633. The molecule has 1 N–H and O–H groups in total. The van der Waals surface area contributed by atoms with E-state index in [9.17, 15) is 9.59 Å². The Morgan fingerprint density at radius 3 is 2.80 bits per heavy atom. The molecule has 1 fully saturated rings. The van der Waals surface area contributed by atoms with Gasteiger partial charge in [-0.1, -0.05) is 43.7 Å². The molecule has 0 radical (unpaired) electrons. The average molecular weight is 359 g/mol. The number of carbonyl (C=O) groups is 1. The Kier molecular flexibility index (Phi) is 5.78. The lowest BCUT2D eigenvalue weighted by Crippen LogP contribution is -2.33. The number of hydrogen-bond acceptors (Lipinski definition) is 4. The lowest BCUT2D eigenvalue weighted by molar-refractivity contribution is -0.119. The van der Waals surface area contributed by atoms with Crippen LogP contribution < -0.4 is 10.9 Å². The molecule has 25 heavy (non-hydrogen) atoms. The number of nitrogens with zero attached hydrogens (tertiary/aromatic N) is 2. The van der Waals surface area contributed by atoms with Crippen LogP contribution in [0.4, 0.5) is 0 Å². The molecule has 1 atom stereocenters. The van der Waals surface area contributed by atoms with Gasteiger partial charge in [-0.25, -0.2) is 4.98 Å². The van der Waals surface area contributed by atoms with Gasteiger partial charge in [0, 0.05) is 12.1 Å². The normalized spacial score (nSPS) is 16.2. The third kappa shape index (κ3) is 4.06. The van der Waals surface area contributed by atoms with Crippen LogP contribution >= 0.6 is 11.8 Å². The van der Waals surface area contributed by atoms with Crippen LogP contribution in [0.5, 0.6) is 0 Å². The smallest absolute Gasteiger partial charge is 0.262 e. The molecule has 0 unspecified atom stereocenters. The first-order valence-electron chi connectivity index (χ1n) is 9.03. The van der Waals surface area contributed by atoms with E-state index < -0.39 is 0 Å². The van der Waals surface area contributed by atoms with Crippen LogP contribution in [0.15, 0.2) is 34.2 Å². The molecule has 0 spiro atoms. The number of aromatic nitrogens is 2. The van der Waals surface area contributed by atoms with Gasteiger partial charge in [-0.15, -0.1) is 0 Å². The van der Waals surface area contributed by atoms with E-state index in [2.05, 4.69) is 5.32 Å². The van der Waals surface area contributed by atoms with E-state index >= 15 is 0 Å². The van der Waals surface area contributed by atoms with E-state index in [1.54, 1.807) is 0 Å². The second-order valence-electron chi connectivity index (χ2n) is 6.69. The van der Waals surface area contributed by atoms with Crippen LogP contribution in [0.25, 0.3) is 10.9 Å². The summed E-state index contributed by atoms with van der Waals surface area (Å²) < 4.78 is 1.83. The molecular formula is C19H25N3O2S. The van der Waals surface area contributed by atoms with Crippen LogP contribution in [-0.4, -0.2) is 27.3 Å². The topological polar surface area (TPSA) is 64.0 Å². The fraction of sp³-hybridized carbons (Fsp3) is 0.526. The molecule has 6 heteroatoms. The van der Waals surface area contributed by atoms with Gasteiger partial charge in [0.15, 0.2) is 5.16 Å². The number of fused-ring (bicyclic) bond motifs is 1. The highest BCUT2D eigenvalue weighted by Crippen LogP contribution is 2.32. The van der Waals surface area contributed by atoms with Gasteiger partial charge in [0.2, 0.25) is 5.91 Å². The lowest BCUT2D eigenvalue weighted by atomic mass is 10.2. The summed E-state index contributed by atoms with van der Waals surface area (Å²) in [4.78, 5) is 29.8. The van der Waals surface area contributed by atoms with E-state index in [1.807, 2.05) is 42.7 Å². The molecular weight excluding hydrogens is 334 g/mol. The number of amides is 1. The molecule has 0 aliphatic heterocycles. The Morgan fingerprint density at radius 1 is 1.36 bits per heavy atom. The van der Waals surface area contributed by atoms with Crippen LogP contribution in [0.1, 0.15) is 52.0 Å². The van der Waals surface area contributed by atoms with Crippen molar-refractivity contribution >= 4 is 28.6 Å². The highest BCUT2D eigenvalue weighted by Gasteiger charge is 2.23. The van der Waals surface area contributed by atoms with Gasteiger partial charge in [-0.3, -0.25) is 14.2 Å². The maximum Gasteiger partial charge on any atom is 0.262 e. The summed E-state index contributed by atoms with van der Waals surface area (Å²) in [6.45, 7) is 4.03. The summed E-state index contributed by atoms with van der Waals surface area (Å²) >= 11 is 1.36. The minimum Gasteiger partial charge on any atom is -0.353 e. The van der Waals surface area contributed by atoms with Crippen LogP contribution in [0, 0.1) is 0 Å². The van der Waals surface area contributed by atoms with E-state index in [4.69, 9.17) is 4.98 Å². The fourth-order valence-electron chi connectivity index (χ4n) is 3.26. The van der Waals surface area contributed by atoms with Gasteiger partial charge in [0.25, 0.3) is 5.56 Å². The summed E-state index contributed by atoms with van der Waals surface area (Å²) in [6, 6.07) is 7.81. The summed E-state index contributed by atoms with van der Waals surface area (Å²) in [5, 5.41) is 4.28. The number of nitrogens with one attached hydrogen (secondary N) is 1. The van der Waals surface area contributed by atoms with Gasteiger partial charge in [0.1, 0.15) is 0 Å². The van der Waals surface area contributed by atoms with Crippen molar-refractivity contribution in [1.29, 1.82) is 0 Å². The van der Waals surface area contributed by atoms with Gasteiger partial charge in [-0.05, 0) is 38.3 Å². The van der Waals surface area contributed by atoms with Gasteiger partial charge < -0.3 is 5.32 Å². The molecule has 1 saturated carbocycles.